The molecule has 1 N–H and O–H groups in total. The van der Waals surface area contributed by atoms with Crippen LogP contribution in [0, 0.1) is 0 Å². The van der Waals surface area contributed by atoms with Crippen molar-refractivity contribution in [3.8, 4) is 11.4 Å². The molecule has 1 unspecified atom stereocenters. The van der Waals surface area contributed by atoms with Crippen LogP contribution in [-0.2, 0) is 11.4 Å². The largest absolute Gasteiger partial charge is 0.376 e. The molecule has 9 heteroatoms. The highest BCUT2D eigenvalue weighted by molar-refractivity contribution is 5.92. The predicted molar refractivity (Wildman–Crippen MR) is 92.2 cm³/mol. The summed E-state index contributed by atoms with van der Waals surface area (Å²) >= 11 is 0. The third-order valence-electron chi connectivity index (χ3n) is 4.14. The van der Waals surface area contributed by atoms with E-state index in [1.54, 1.807) is 16.9 Å². The van der Waals surface area contributed by atoms with Crippen molar-refractivity contribution in [2.24, 2.45) is 0 Å². The SMILES string of the molecule is O=C(NCC1CCCO1)c1ccn(Cn2nnc(-c3ccccc3)n2)n1. The van der Waals surface area contributed by atoms with Gasteiger partial charge >= 0.3 is 0 Å². The van der Waals surface area contributed by atoms with Crippen LogP contribution < -0.4 is 5.32 Å². The monoisotopic (exact) mass is 353 g/mol. The zero-order valence-electron chi connectivity index (χ0n) is 14.2. The first-order valence-electron chi connectivity index (χ1n) is 8.54. The van der Waals surface area contributed by atoms with Crippen molar-refractivity contribution in [1.82, 2.24) is 35.3 Å². The summed E-state index contributed by atoms with van der Waals surface area (Å²) < 4.78 is 7.09. The van der Waals surface area contributed by atoms with Crippen molar-refractivity contribution in [3.05, 3.63) is 48.3 Å². The van der Waals surface area contributed by atoms with Gasteiger partial charge in [0.2, 0.25) is 5.82 Å². The van der Waals surface area contributed by atoms with Crippen molar-refractivity contribution >= 4 is 5.91 Å². The summed E-state index contributed by atoms with van der Waals surface area (Å²) in [5.74, 6) is 0.336. The minimum absolute atomic E-state index is 0.108. The fourth-order valence-electron chi connectivity index (χ4n) is 2.80. The Morgan fingerprint density at radius 2 is 2.12 bits per heavy atom. The Hall–Kier alpha value is -3.07. The lowest BCUT2D eigenvalue weighted by atomic mass is 10.2. The molecule has 0 saturated carbocycles. The Kier molecular flexibility index (Phi) is 4.69. The standard InChI is InChI=1S/C17H19N7O2/c25-17(18-11-14-7-4-10-26-14)15-8-9-23(20-15)12-24-21-16(19-22-24)13-5-2-1-3-6-13/h1-3,5-6,8-9,14H,4,7,10-12H2,(H,18,25). The lowest BCUT2D eigenvalue weighted by Gasteiger charge is -2.09. The number of nitrogens with zero attached hydrogens (tertiary/aromatic N) is 6. The van der Waals surface area contributed by atoms with Gasteiger partial charge in [-0.05, 0) is 24.1 Å². The number of hydrogen-bond donors (Lipinski definition) is 1. The third kappa shape index (κ3) is 3.77. The number of aromatic nitrogens is 6. The normalized spacial score (nSPS) is 16.7. The second kappa shape index (κ2) is 7.44. The van der Waals surface area contributed by atoms with Gasteiger partial charge < -0.3 is 10.1 Å². The molecule has 0 bridgehead atoms. The van der Waals surface area contributed by atoms with Gasteiger partial charge in [0.25, 0.3) is 5.91 Å². The van der Waals surface area contributed by atoms with Gasteiger partial charge in [0.05, 0.1) is 6.10 Å². The number of carbonyl (C=O) groups is 1. The second-order valence-electron chi connectivity index (χ2n) is 6.08. The van der Waals surface area contributed by atoms with E-state index in [1.165, 1.54) is 4.80 Å². The molecule has 26 heavy (non-hydrogen) atoms. The topological polar surface area (TPSA) is 99.8 Å². The van der Waals surface area contributed by atoms with E-state index < -0.39 is 0 Å². The lowest BCUT2D eigenvalue weighted by Crippen LogP contribution is -2.32. The van der Waals surface area contributed by atoms with Crippen molar-refractivity contribution in [2.75, 3.05) is 13.2 Å². The van der Waals surface area contributed by atoms with Gasteiger partial charge in [0.1, 0.15) is 5.69 Å². The molecule has 9 nitrogen and oxygen atoms in total. The molecular formula is C17H19N7O2. The van der Waals surface area contributed by atoms with Crippen LogP contribution in [0.4, 0.5) is 0 Å². The molecule has 3 aromatic rings. The van der Waals surface area contributed by atoms with E-state index in [-0.39, 0.29) is 18.7 Å². The number of tetrazole rings is 1. The smallest absolute Gasteiger partial charge is 0.271 e. The Bertz CT molecular complexity index is 868. The summed E-state index contributed by atoms with van der Waals surface area (Å²) in [5.41, 5.74) is 1.25. The number of carbonyl (C=O) groups excluding carboxylic acids is 1. The minimum Gasteiger partial charge on any atom is -0.376 e. The maximum atomic E-state index is 12.2. The fourth-order valence-corrected chi connectivity index (χ4v) is 2.80. The number of hydrogen-bond acceptors (Lipinski definition) is 6. The summed E-state index contributed by atoms with van der Waals surface area (Å²) in [4.78, 5) is 13.6. The maximum Gasteiger partial charge on any atom is 0.271 e. The average molecular weight is 353 g/mol. The first-order valence-corrected chi connectivity index (χ1v) is 8.54. The number of benzene rings is 1. The molecule has 2 aromatic heterocycles. The van der Waals surface area contributed by atoms with Gasteiger partial charge in [-0.1, -0.05) is 30.3 Å². The van der Waals surface area contributed by atoms with Gasteiger partial charge in [0, 0.05) is 24.9 Å². The summed E-state index contributed by atoms with van der Waals surface area (Å²) in [6, 6.07) is 11.3. The first-order chi connectivity index (χ1) is 12.8. The molecule has 1 aliphatic rings. The van der Waals surface area contributed by atoms with E-state index in [0.717, 1.165) is 25.0 Å². The summed E-state index contributed by atoms with van der Waals surface area (Å²) in [5, 5.41) is 19.5. The van der Waals surface area contributed by atoms with Crippen LogP contribution in [0.2, 0.25) is 0 Å². The molecule has 0 spiro atoms. The summed E-state index contributed by atoms with van der Waals surface area (Å²) in [6.07, 6.45) is 3.85. The van der Waals surface area contributed by atoms with E-state index in [4.69, 9.17) is 4.74 Å². The van der Waals surface area contributed by atoms with Crippen molar-refractivity contribution in [2.45, 2.75) is 25.6 Å². The molecule has 1 amide bonds. The van der Waals surface area contributed by atoms with Gasteiger partial charge in [-0.25, -0.2) is 4.68 Å². The molecule has 1 aliphatic heterocycles. The number of ether oxygens (including phenoxy) is 1. The Labute approximate surface area is 150 Å². The minimum atomic E-state index is -0.212. The van der Waals surface area contributed by atoms with Crippen LogP contribution in [0.15, 0.2) is 42.6 Å². The van der Waals surface area contributed by atoms with Gasteiger partial charge in [-0.15, -0.1) is 15.0 Å². The number of amides is 1. The number of nitrogens with one attached hydrogen (secondary N) is 1. The van der Waals surface area contributed by atoms with Gasteiger partial charge in [0.15, 0.2) is 6.67 Å². The van der Waals surface area contributed by atoms with Crippen molar-refractivity contribution < 1.29 is 9.53 Å². The maximum absolute atomic E-state index is 12.2. The van der Waals surface area contributed by atoms with Gasteiger partial charge in [-0.3, -0.25) is 4.79 Å². The van der Waals surface area contributed by atoms with Crippen LogP contribution in [0.25, 0.3) is 11.4 Å². The van der Waals surface area contributed by atoms with E-state index in [1.807, 2.05) is 30.3 Å². The molecule has 0 radical (unpaired) electrons. The lowest BCUT2D eigenvalue weighted by molar-refractivity contribution is 0.0853. The fraction of sp³-hybridized carbons (Fsp3) is 0.353. The molecule has 3 heterocycles. The number of rotatable bonds is 6. The zero-order chi connectivity index (χ0) is 17.8. The third-order valence-corrected chi connectivity index (χ3v) is 4.14. The highest BCUT2D eigenvalue weighted by Gasteiger charge is 2.17. The average Bonchev–Trinajstić information content (AvgIpc) is 3.43. The molecule has 1 aromatic carbocycles. The molecule has 0 aliphatic carbocycles. The van der Waals surface area contributed by atoms with Gasteiger partial charge in [-0.2, -0.15) is 5.10 Å². The second-order valence-corrected chi connectivity index (χ2v) is 6.08. The molecule has 1 atom stereocenters. The van der Waals surface area contributed by atoms with Crippen LogP contribution in [-0.4, -0.2) is 55.2 Å². The highest BCUT2D eigenvalue weighted by atomic mass is 16.5. The van der Waals surface area contributed by atoms with E-state index in [2.05, 4.69) is 25.8 Å². The van der Waals surface area contributed by atoms with E-state index >= 15 is 0 Å². The van der Waals surface area contributed by atoms with Crippen molar-refractivity contribution in [3.63, 3.8) is 0 Å². The molecule has 1 saturated heterocycles. The predicted octanol–water partition coefficient (Wildman–Crippen LogP) is 0.951. The molecule has 1 fully saturated rings. The Morgan fingerprint density at radius 3 is 2.92 bits per heavy atom. The van der Waals surface area contributed by atoms with Crippen molar-refractivity contribution in [1.29, 1.82) is 0 Å². The summed E-state index contributed by atoms with van der Waals surface area (Å²) in [7, 11) is 0. The van der Waals surface area contributed by atoms with Crippen LogP contribution in [0.5, 0.6) is 0 Å². The quantitative estimate of drug-likeness (QED) is 0.708. The summed E-state index contributed by atoms with van der Waals surface area (Å²) in [6.45, 7) is 1.56. The van der Waals surface area contributed by atoms with Crippen LogP contribution in [0.3, 0.4) is 0 Å². The molecule has 134 valence electrons. The van der Waals surface area contributed by atoms with E-state index in [9.17, 15) is 4.79 Å². The van der Waals surface area contributed by atoms with Crippen LogP contribution in [0.1, 0.15) is 23.3 Å². The van der Waals surface area contributed by atoms with E-state index in [0.29, 0.717) is 18.1 Å². The Balaban J connectivity index is 1.36. The van der Waals surface area contributed by atoms with Crippen LogP contribution >= 0.6 is 0 Å². The highest BCUT2D eigenvalue weighted by Crippen LogP contribution is 2.12. The zero-order valence-corrected chi connectivity index (χ0v) is 14.2. The first kappa shape index (κ1) is 16.4. The Morgan fingerprint density at radius 1 is 1.23 bits per heavy atom. The molecule has 4 rings (SSSR count). The molecular weight excluding hydrogens is 334 g/mol.